The number of amides is 2. The van der Waals surface area contributed by atoms with Crippen LogP contribution in [0.15, 0.2) is 47.4 Å². The molecule has 1 aliphatic heterocycles. The van der Waals surface area contributed by atoms with Gasteiger partial charge in [0.2, 0.25) is 5.91 Å². The molecule has 1 saturated heterocycles. The van der Waals surface area contributed by atoms with Crippen LogP contribution in [0, 0.1) is 12.8 Å². The average molecular weight is 426 g/mol. The molecule has 0 unspecified atom stereocenters. The lowest BCUT2D eigenvalue weighted by Crippen LogP contribution is -2.44. The van der Waals surface area contributed by atoms with Gasteiger partial charge in [-0.25, -0.2) is 0 Å². The molecule has 0 saturated carbocycles. The maximum atomic E-state index is 13.0. The Morgan fingerprint density at radius 2 is 1.94 bits per heavy atom. The van der Waals surface area contributed by atoms with Crippen molar-refractivity contribution in [3.8, 4) is 0 Å². The van der Waals surface area contributed by atoms with Crippen LogP contribution < -0.4 is 10.9 Å². The summed E-state index contributed by atoms with van der Waals surface area (Å²) in [5.74, 6) is -0.327. The minimum Gasteiger partial charge on any atom is -0.385 e. The molecule has 1 N–H and O–H groups in total. The summed E-state index contributed by atoms with van der Waals surface area (Å²) in [6.45, 7) is 4.59. The van der Waals surface area contributed by atoms with E-state index in [-0.39, 0.29) is 28.9 Å². The molecule has 0 bridgehead atoms. The number of carbonyl (C=O) groups is 2. The first-order chi connectivity index (χ1) is 15.0. The molecule has 1 aromatic heterocycles. The second kappa shape index (κ2) is 10.9. The van der Waals surface area contributed by atoms with E-state index < -0.39 is 0 Å². The number of piperidine rings is 1. The number of hydrogen-bond acceptors (Lipinski definition) is 4. The maximum absolute atomic E-state index is 13.0. The van der Waals surface area contributed by atoms with Gasteiger partial charge in [0.1, 0.15) is 5.56 Å². The van der Waals surface area contributed by atoms with Crippen molar-refractivity contribution in [3.63, 3.8) is 0 Å². The lowest BCUT2D eigenvalue weighted by atomic mass is 9.95. The van der Waals surface area contributed by atoms with Crippen molar-refractivity contribution in [2.45, 2.75) is 32.7 Å². The molecule has 2 heterocycles. The second-order valence-corrected chi connectivity index (χ2v) is 8.05. The molecule has 31 heavy (non-hydrogen) atoms. The summed E-state index contributed by atoms with van der Waals surface area (Å²) in [4.78, 5) is 39.9. The van der Waals surface area contributed by atoms with E-state index in [1.54, 1.807) is 34.9 Å². The van der Waals surface area contributed by atoms with Gasteiger partial charge in [-0.2, -0.15) is 0 Å². The molecule has 0 radical (unpaired) electrons. The molecular formula is C24H31N3O4. The molecule has 0 spiro atoms. The number of carbonyl (C=O) groups excluding carboxylic acids is 2. The van der Waals surface area contributed by atoms with Crippen LogP contribution in [0.2, 0.25) is 0 Å². The fraction of sp³-hybridized carbons (Fsp3) is 0.458. The van der Waals surface area contributed by atoms with Gasteiger partial charge in [0, 0.05) is 45.5 Å². The highest BCUT2D eigenvalue weighted by atomic mass is 16.5. The van der Waals surface area contributed by atoms with Gasteiger partial charge in [-0.05, 0) is 43.9 Å². The number of aromatic nitrogens is 1. The lowest BCUT2D eigenvalue weighted by molar-refractivity contribution is -0.126. The van der Waals surface area contributed by atoms with Crippen molar-refractivity contribution in [2.24, 2.45) is 5.92 Å². The third kappa shape index (κ3) is 6.04. The Kier molecular flexibility index (Phi) is 8.00. The Hall–Kier alpha value is -2.93. The Labute approximate surface area is 183 Å². The monoisotopic (exact) mass is 425 g/mol. The fourth-order valence-electron chi connectivity index (χ4n) is 3.92. The average Bonchev–Trinajstić information content (AvgIpc) is 2.78. The first-order valence-corrected chi connectivity index (χ1v) is 10.8. The summed E-state index contributed by atoms with van der Waals surface area (Å²) in [6.07, 6.45) is 3.70. The largest absolute Gasteiger partial charge is 0.385 e. The minimum atomic E-state index is -0.285. The number of ether oxygens (including phenoxy) is 1. The van der Waals surface area contributed by atoms with Gasteiger partial charge < -0.3 is 19.5 Å². The van der Waals surface area contributed by atoms with Crippen molar-refractivity contribution in [1.82, 2.24) is 14.8 Å². The molecule has 7 nitrogen and oxygen atoms in total. The molecule has 0 atom stereocenters. The van der Waals surface area contributed by atoms with E-state index >= 15 is 0 Å². The molecule has 7 heteroatoms. The van der Waals surface area contributed by atoms with E-state index in [1.165, 1.54) is 0 Å². The van der Waals surface area contributed by atoms with E-state index in [0.29, 0.717) is 45.6 Å². The molecule has 2 amide bonds. The predicted molar refractivity (Wildman–Crippen MR) is 119 cm³/mol. The van der Waals surface area contributed by atoms with Crippen molar-refractivity contribution in [1.29, 1.82) is 0 Å². The Morgan fingerprint density at radius 1 is 1.16 bits per heavy atom. The summed E-state index contributed by atoms with van der Waals surface area (Å²) in [5.41, 5.74) is 2.04. The fourth-order valence-corrected chi connectivity index (χ4v) is 3.92. The number of methoxy groups -OCH3 is 1. The number of hydrogen-bond donors (Lipinski definition) is 1. The topological polar surface area (TPSA) is 80.6 Å². The number of benzene rings is 1. The smallest absolute Gasteiger partial charge is 0.263 e. The highest BCUT2D eigenvalue weighted by Crippen LogP contribution is 2.19. The maximum Gasteiger partial charge on any atom is 0.263 e. The number of nitrogens with zero attached hydrogens (tertiary/aromatic N) is 2. The molecular weight excluding hydrogens is 394 g/mol. The van der Waals surface area contributed by atoms with Crippen LogP contribution in [0.5, 0.6) is 0 Å². The molecule has 2 aromatic rings. The number of nitrogens with one attached hydrogen (secondary N) is 1. The molecule has 1 aromatic carbocycles. The van der Waals surface area contributed by atoms with E-state index in [1.807, 2.05) is 31.2 Å². The molecule has 1 fully saturated rings. The number of rotatable bonds is 8. The van der Waals surface area contributed by atoms with Gasteiger partial charge in [-0.3, -0.25) is 14.4 Å². The Morgan fingerprint density at radius 3 is 2.65 bits per heavy atom. The van der Waals surface area contributed by atoms with Gasteiger partial charge in [0.15, 0.2) is 0 Å². The highest BCUT2D eigenvalue weighted by molar-refractivity contribution is 5.94. The summed E-state index contributed by atoms with van der Waals surface area (Å²) in [6, 6.07) is 11.3. The van der Waals surface area contributed by atoms with E-state index in [0.717, 1.165) is 17.5 Å². The minimum absolute atomic E-state index is 0.0309. The van der Waals surface area contributed by atoms with Crippen LogP contribution in [-0.4, -0.2) is 54.6 Å². The Bertz CT molecular complexity index is 961. The normalized spacial score (nSPS) is 14.5. The van der Waals surface area contributed by atoms with E-state index in [4.69, 9.17) is 4.74 Å². The van der Waals surface area contributed by atoms with Crippen molar-refractivity contribution in [3.05, 3.63) is 69.6 Å². The van der Waals surface area contributed by atoms with Crippen LogP contribution in [0.1, 0.15) is 40.7 Å². The molecule has 1 aliphatic rings. The summed E-state index contributed by atoms with van der Waals surface area (Å²) >= 11 is 0. The SMILES string of the molecule is COCCCNC(=O)C1CCN(C(=O)c2cccn(Cc3cccc(C)c3)c2=O)CC1. The molecule has 166 valence electrons. The first-order valence-electron chi connectivity index (χ1n) is 10.8. The number of likely N-dealkylation sites (tertiary alicyclic amines) is 1. The second-order valence-electron chi connectivity index (χ2n) is 8.05. The molecule has 3 rings (SSSR count). The summed E-state index contributed by atoms with van der Waals surface area (Å²) < 4.78 is 6.56. The lowest BCUT2D eigenvalue weighted by Gasteiger charge is -2.31. The van der Waals surface area contributed by atoms with Gasteiger partial charge in [-0.15, -0.1) is 0 Å². The zero-order valence-electron chi connectivity index (χ0n) is 18.3. The van der Waals surface area contributed by atoms with Crippen LogP contribution in [0.3, 0.4) is 0 Å². The first kappa shape index (κ1) is 22.7. The van der Waals surface area contributed by atoms with Crippen LogP contribution in [0.25, 0.3) is 0 Å². The van der Waals surface area contributed by atoms with Crippen molar-refractivity contribution in [2.75, 3.05) is 33.4 Å². The van der Waals surface area contributed by atoms with Crippen LogP contribution >= 0.6 is 0 Å². The van der Waals surface area contributed by atoms with Gasteiger partial charge in [0.05, 0.1) is 6.54 Å². The van der Waals surface area contributed by atoms with Crippen molar-refractivity contribution < 1.29 is 14.3 Å². The molecule has 0 aliphatic carbocycles. The van der Waals surface area contributed by atoms with E-state index in [2.05, 4.69) is 5.32 Å². The zero-order chi connectivity index (χ0) is 22.2. The third-order valence-electron chi connectivity index (χ3n) is 5.66. The Balaban J connectivity index is 1.60. The summed E-state index contributed by atoms with van der Waals surface area (Å²) in [7, 11) is 1.64. The van der Waals surface area contributed by atoms with E-state index in [9.17, 15) is 14.4 Å². The van der Waals surface area contributed by atoms with Crippen LogP contribution in [0.4, 0.5) is 0 Å². The van der Waals surface area contributed by atoms with Gasteiger partial charge >= 0.3 is 0 Å². The van der Waals surface area contributed by atoms with Crippen molar-refractivity contribution >= 4 is 11.8 Å². The number of pyridine rings is 1. The third-order valence-corrected chi connectivity index (χ3v) is 5.66. The van der Waals surface area contributed by atoms with Crippen LogP contribution in [-0.2, 0) is 16.1 Å². The van der Waals surface area contributed by atoms with Gasteiger partial charge in [-0.1, -0.05) is 29.8 Å². The summed E-state index contributed by atoms with van der Waals surface area (Å²) in [5, 5.41) is 2.93. The predicted octanol–water partition coefficient (Wildman–Crippen LogP) is 2.21. The zero-order valence-corrected chi connectivity index (χ0v) is 18.3. The number of aryl methyl sites for hydroxylation is 1. The quantitative estimate of drug-likeness (QED) is 0.658. The standard InChI is InChI=1S/C24H31N3O4/c1-18-6-3-7-19(16-18)17-27-12-4-8-21(24(27)30)23(29)26-13-9-20(10-14-26)22(28)25-11-5-15-31-2/h3-4,6-8,12,16,20H,5,9-11,13-15,17H2,1-2H3,(H,25,28). The highest BCUT2D eigenvalue weighted by Gasteiger charge is 2.28. The van der Waals surface area contributed by atoms with Gasteiger partial charge in [0.25, 0.3) is 11.5 Å².